The zero-order chi connectivity index (χ0) is 22.2. The number of nitrogens with zero attached hydrogens (tertiary/aromatic N) is 2. The van der Waals surface area contributed by atoms with Gasteiger partial charge in [-0.2, -0.15) is 0 Å². The highest BCUT2D eigenvalue weighted by molar-refractivity contribution is 14.0. The lowest BCUT2D eigenvalue weighted by Crippen LogP contribution is -2.44. The molecule has 0 spiro atoms. The van der Waals surface area contributed by atoms with Crippen LogP contribution in [0.1, 0.15) is 38.2 Å². The van der Waals surface area contributed by atoms with Crippen molar-refractivity contribution in [2.24, 2.45) is 10.4 Å². The number of hydrogen-bond acceptors (Lipinski definition) is 4. The Labute approximate surface area is 203 Å². The summed E-state index contributed by atoms with van der Waals surface area (Å²) in [4.78, 5) is 19.2. The molecule has 31 heavy (non-hydrogen) atoms. The number of benzene rings is 1. The Bertz CT molecular complexity index is 835. The van der Waals surface area contributed by atoms with E-state index in [-0.39, 0.29) is 41.3 Å². The normalized spacial score (nSPS) is 15.8. The van der Waals surface area contributed by atoms with Crippen molar-refractivity contribution in [1.29, 1.82) is 0 Å². The highest BCUT2D eigenvalue weighted by Crippen LogP contribution is 2.39. The molecule has 1 saturated carbocycles. The van der Waals surface area contributed by atoms with Gasteiger partial charge >= 0.3 is 0 Å². The van der Waals surface area contributed by atoms with Crippen molar-refractivity contribution in [2.45, 2.75) is 44.4 Å². The van der Waals surface area contributed by atoms with Gasteiger partial charge in [-0.1, -0.05) is 30.5 Å². The van der Waals surface area contributed by atoms with Crippen LogP contribution in [0.25, 0.3) is 0 Å². The van der Waals surface area contributed by atoms with Crippen LogP contribution < -0.4 is 15.4 Å². The molecule has 0 heterocycles. The molecule has 1 amide bonds. The van der Waals surface area contributed by atoms with Gasteiger partial charge in [-0.05, 0) is 38.8 Å². The van der Waals surface area contributed by atoms with Gasteiger partial charge in [0, 0.05) is 33.7 Å². The Morgan fingerprint density at radius 3 is 2.26 bits per heavy atom. The van der Waals surface area contributed by atoms with Crippen LogP contribution in [0.2, 0.25) is 0 Å². The van der Waals surface area contributed by atoms with Crippen molar-refractivity contribution in [1.82, 2.24) is 20.3 Å². The number of carbonyl (C=O) groups is 1. The molecule has 1 aliphatic carbocycles. The van der Waals surface area contributed by atoms with E-state index in [2.05, 4.69) is 20.3 Å². The second-order valence-electron chi connectivity index (χ2n) is 8.02. The molecule has 1 fully saturated rings. The van der Waals surface area contributed by atoms with E-state index in [0.29, 0.717) is 25.6 Å². The zero-order valence-electron chi connectivity index (χ0n) is 18.9. The molecule has 10 heteroatoms. The molecule has 176 valence electrons. The number of sulfonamides is 1. The summed E-state index contributed by atoms with van der Waals surface area (Å²) in [7, 11) is 0.0312. The molecule has 8 nitrogen and oxygen atoms in total. The molecule has 0 radical (unpaired) electrons. The molecule has 0 aromatic heterocycles. The summed E-state index contributed by atoms with van der Waals surface area (Å²) in [5.41, 5.74) is 0.577. The molecule has 0 aliphatic heterocycles. The fourth-order valence-corrected chi connectivity index (χ4v) is 4.74. The average molecular weight is 566 g/mol. The first kappa shape index (κ1) is 27.6. The Balaban J connectivity index is 0.00000480. The number of halogens is 1. The standard InChI is InChI=1S/C21H35N5O3S.HI/c1-5-22-20(24-16-21(12-6-7-13-21)19(27)26(3)4)23-14-15-25-30(28,29)18-10-8-17(2)9-11-18;/h8-11,25H,5-7,12-16H2,1-4H3,(H2,22,23,24);1H. The van der Waals surface area contributed by atoms with Gasteiger partial charge < -0.3 is 15.5 Å². The first-order valence-electron chi connectivity index (χ1n) is 10.5. The molecule has 1 aromatic carbocycles. The van der Waals surface area contributed by atoms with Gasteiger partial charge in [0.25, 0.3) is 0 Å². The predicted octanol–water partition coefficient (Wildman–Crippen LogP) is 2.10. The highest BCUT2D eigenvalue weighted by Gasteiger charge is 2.42. The predicted molar refractivity (Wildman–Crippen MR) is 135 cm³/mol. The van der Waals surface area contributed by atoms with Gasteiger partial charge in [-0.15, -0.1) is 24.0 Å². The minimum atomic E-state index is -3.54. The van der Waals surface area contributed by atoms with Crippen molar-refractivity contribution in [3.8, 4) is 0 Å². The maximum atomic E-state index is 12.7. The quantitative estimate of drug-likeness (QED) is 0.184. The van der Waals surface area contributed by atoms with E-state index >= 15 is 0 Å². The van der Waals surface area contributed by atoms with E-state index < -0.39 is 15.4 Å². The van der Waals surface area contributed by atoms with Crippen LogP contribution in [0.15, 0.2) is 34.2 Å². The van der Waals surface area contributed by atoms with Gasteiger partial charge in [-0.25, -0.2) is 13.1 Å². The van der Waals surface area contributed by atoms with Crippen LogP contribution in [0.3, 0.4) is 0 Å². The lowest BCUT2D eigenvalue weighted by Gasteiger charge is -2.29. The van der Waals surface area contributed by atoms with Crippen molar-refractivity contribution in [3.05, 3.63) is 29.8 Å². The summed E-state index contributed by atoms with van der Waals surface area (Å²) >= 11 is 0. The minimum Gasteiger partial charge on any atom is -0.357 e. The molecule has 0 unspecified atom stereocenters. The number of aliphatic imine (C=N–C) groups is 1. The highest BCUT2D eigenvalue weighted by atomic mass is 127. The molecule has 1 aromatic rings. The van der Waals surface area contributed by atoms with Crippen molar-refractivity contribution in [3.63, 3.8) is 0 Å². The molecule has 2 rings (SSSR count). The van der Waals surface area contributed by atoms with Crippen LogP contribution in [0, 0.1) is 12.3 Å². The van der Waals surface area contributed by atoms with E-state index in [4.69, 9.17) is 0 Å². The molecular formula is C21H36IN5O3S. The number of amides is 1. The van der Waals surface area contributed by atoms with E-state index in [9.17, 15) is 13.2 Å². The van der Waals surface area contributed by atoms with Crippen LogP contribution in [-0.2, 0) is 14.8 Å². The fourth-order valence-electron chi connectivity index (χ4n) is 3.70. The molecule has 3 N–H and O–H groups in total. The van der Waals surface area contributed by atoms with Crippen molar-refractivity contribution >= 4 is 45.9 Å². The van der Waals surface area contributed by atoms with E-state index in [1.807, 2.05) is 13.8 Å². The zero-order valence-corrected chi connectivity index (χ0v) is 22.0. The van der Waals surface area contributed by atoms with Crippen LogP contribution in [0.4, 0.5) is 0 Å². The number of hydrogen-bond donors (Lipinski definition) is 3. The lowest BCUT2D eigenvalue weighted by atomic mass is 9.85. The molecular weight excluding hydrogens is 529 g/mol. The molecule has 1 aliphatic rings. The maximum absolute atomic E-state index is 12.7. The maximum Gasteiger partial charge on any atom is 0.240 e. The number of rotatable bonds is 9. The summed E-state index contributed by atoms with van der Waals surface area (Å²) in [6.45, 7) is 5.59. The van der Waals surface area contributed by atoms with Gasteiger partial charge in [0.2, 0.25) is 15.9 Å². The lowest BCUT2D eigenvalue weighted by molar-refractivity contribution is -0.138. The summed E-state index contributed by atoms with van der Waals surface area (Å²) in [5, 5.41) is 6.31. The van der Waals surface area contributed by atoms with Gasteiger partial charge in [0.1, 0.15) is 0 Å². The third kappa shape index (κ3) is 7.90. The topological polar surface area (TPSA) is 103 Å². The first-order valence-corrected chi connectivity index (χ1v) is 12.0. The third-order valence-electron chi connectivity index (χ3n) is 5.35. The molecule has 0 bridgehead atoms. The van der Waals surface area contributed by atoms with Gasteiger partial charge in [0.15, 0.2) is 5.96 Å². The fraction of sp³-hybridized carbons (Fsp3) is 0.619. The SMILES string of the molecule is CCNC(=NCC1(C(=O)N(C)C)CCCC1)NCCNS(=O)(=O)c1ccc(C)cc1.I. The van der Waals surface area contributed by atoms with E-state index in [0.717, 1.165) is 31.2 Å². The summed E-state index contributed by atoms with van der Waals surface area (Å²) in [6, 6.07) is 6.74. The Hall–Kier alpha value is -1.40. The van der Waals surface area contributed by atoms with Gasteiger partial charge in [0.05, 0.1) is 16.9 Å². The summed E-state index contributed by atoms with van der Waals surface area (Å²) < 4.78 is 27.3. The third-order valence-corrected chi connectivity index (χ3v) is 6.82. The summed E-state index contributed by atoms with van der Waals surface area (Å²) in [5.74, 6) is 0.718. The van der Waals surface area contributed by atoms with Crippen LogP contribution in [-0.4, -0.2) is 65.5 Å². The van der Waals surface area contributed by atoms with Crippen LogP contribution >= 0.6 is 24.0 Å². The Morgan fingerprint density at radius 1 is 1.10 bits per heavy atom. The van der Waals surface area contributed by atoms with Crippen molar-refractivity contribution in [2.75, 3.05) is 40.3 Å². The largest absolute Gasteiger partial charge is 0.357 e. The first-order chi connectivity index (χ1) is 14.2. The number of nitrogens with one attached hydrogen (secondary N) is 3. The van der Waals surface area contributed by atoms with E-state index in [1.165, 1.54) is 0 Å². The van der Waals surface area contributed by atoms with Gasteiger partial charge in [-0.3, -0.25) is 9.79 Å². The summed E-state index contributed by atoms with van der Waals surface area (Å²) in [6.07, 6.45) is 3.78. The Kier molecular flexibility index (Phi) is 11.2. The van der Waals surface area contributed by atoms with Crippen LogP contribution in [0.5, 0.6) is 0 Å². The average Bonchev–Trinajstić information content (AvgIpc) is 3.19. The number of guanidine groups is 1. The minimum absolute atomic E-state index is 0. The van der Waals surface area contributed by atoms with Crippen molar-refractivity contribution < 1.29 is 13.2 Å². The Morgan fingerprint density at radius 2 is 1.71 bits per heavy atom. The van der Waals surface area contributed by atoms with E-state index in [1.54, 1.807) is 43.3 Å². The molecule has 0 saturated heterocycles. The smallest absolute Gasteiger partial charge is 0.240 e. The second kappa shape index (κ2) is 12.6. The number of carbonyl (C=O) groups excluding carboxylic acids is 1. The second-order valence-corrected chi connectivity index (χ2v) is 9.79. The molecule has 0 atom stereocenters. The number of aryl methyl sites for hydroxylation is 1. The monoisotopic (exact) mass is 565 g/mol.